The smallest absolute Gasteiger partial charge is 0.251 e. The molecule has 27 heavy (non-hydrogen) atoms. The zero-order valence-electron chi connectivity index (χ0n) is 16.2. The Bertz CT molecular complexity index is 742. The van der Waals surface area contributed by atoms with Gasteiger partial charge in [-0.3, -0.25) is 9.59 Å². The number of hydrogen-bond donors (Lipinski definition) is 1. The highest BCUT2D eigenvalue weighted by atomic mass is 16.2. The van der Waals surface area contributed by atoms with E-state index in [0.717, 1.165) is 37.8 Å². The molecule has 1 saturated heterocycles. The van der Waals surface area contributed by atoms with Gasteiger partial charge in [-0.25, -0.2) is 0 Å². The predicted octanol–water partition coefficient (Wildman–Crippen LogP) is 3.72. The molecule has 144 valence electrons. The van der Waals surface area contributed by atoms with Crippen LogP contribution in [0.4, 0.5) is 0 Å². The first-order valence-electron chi connectivity index (χ1n) is 10.7. The zero-order chi connectivity index (χ0) is 18.6. The molecule has 5 rings (SSSR count). The van der Waals surface area contributed by atoms with Crippen LogP contribution in [0.15, 0.2) is 24.3 Å². The molecule has 2 amide bonds. The van der Waals surface area contributed by atoms with Gasteiger partial charge in [0.15, 0.2) is 0 Å². The fraction of sp³-hybridized carbons (Fsp3) is 0.652. The number of rotatable bonds is 4. The molecule has 1 aliphatic heterocycles. The molecule has 4 atom stereocenters. The zero-order valence-corrected chi connectivity index (χ0v) is 16.2. The quantitative estimate of drug-likeness (QED) is 0.883. The van der Waals surface area contributed by atoms with E-state index < -0.39 is 6.04 Å². The van der Waals surface area contributed by atoms with Gasteiger partial charge in [0.1, 0.15) is 6.04 Å². The van der Waals surface area contributed by atoms with Gasteiger partial charge in [-0.15, -0.1) is 0 Å². The van der Waals surface area contributed by atoms with E-state index in [9.17, 15) is 9.59 Å². The molecule has 4 aliphatic rings. The monoisotopic (exact) mass is 366 g/mol. The van der Waals surface area contributed by atoms with E-state index in [4.69, 9.17) is 0 Å². The summed E-state index contributed by atoms with van der Waals surface area (Å²) in [7, 11) is 0. The lowest BCUT2D eigenvalue weighted by Crippen LogP contribution is -2.49. The minimum absolute atomic E-state index is 0.0564. The number of carbonyl (C=O) groups excluding carboxylic acids is 2. The van der Waals surface area contributed by atoms with Gasteiger partial charge in [0, 0.05) is 18.7 Å². The van der Waals surface area contributed by atoms with Gasteiger partial charge in [-0.1, -0.05) is 12.1 Å². The van der Waals surface area contributed by atoms with Crippen LogP contribution in [0.25, 0.3) is 0 Å². The molecule has 4 fully saturated rings. The fourth-order valence-corrected chi connectivity index (χ4v) is 5.48. The van der Waals surface area contributed by atoms with E-state index in [1.54, 1.807) is 6.92 Å². The Balaban J connectivity index is 1.15. The van der Waals surface area contributed by atoms with E-state index in [2.05, 4.69) is 17.4 Å². The summed E-state index contributed by atoms with van der Waals surface area (Å²) in [6, 6.07) is 7.60. The summed E-state index contributed by atoms with van der Waals surface area (Å²) in [5.74, 6) is 2.47. The highest BCUT2D eigenvalue weighted by Crippen LogP contribution is 2.58. The van der Waals surface area contributed by atoms with Crippen molar-refractivity contribution < 1.29 is 9.59 Å². The van der Waals surface area contributed by atoms with Crippen LogP contribution in [0.5, 0.6) is 0 Å². The minimum Gasteiger partial charge on any atom is -0.341 e. The van der Waals surface area contributed by atoms with Crippen LogP contribution in [0.3, 0.4) is 0 Å². The molecule has 4 heteroatoms. The third-order valence-corrected chi connectivity index (χ3v) is 7.96. The average molecular weight is 367 g/mol. The van der Waals surface area contributed by atoms with Crippen LogP contribution in [-0.4, -0.2) is 35.8 Å². The lowest BCUT2D eigenvalue weighted by atomic mass is 9.52. The van der Waals surface area contributed by atoms with Crippen molar-refractivity contribution in [2.75, 3.05) is 13.1 Å². The number of amides is 2. The Hall–Kier alpha value is -1.84. The maximum atomic E-state index is 12.7. The number of nitrogens with one attached hydrogen (secondary N) is 1. The van der Waals surface area contributed by atoms with Gasteiger partial charge in [0.05, 0.1) is 0 Å². The molecular formula is C23H30N2O2. The molecule has 1 aromatic rings. The first-order valence-corrected chi connectivity index (χ1v) is 10.7. The summed E-state index contributed by atoms with van der Waals surface area (Å²) in [6.07, 6.45) is 9.02. The normalized spacial score (nSPS) is 31.3. The summed E-state index contributed by atoms with van der Waals surface area (Å²) >= 11 is 0. The first-order chi connectivity index (χ1) is 13.0. The van der Waals surface area contributed by atoms with E-state index in [0.29, 0.717) is 16.9 Å². The number of likely N-dealkylation sites (tertiary alicyclic amines) is 1. The van der Waals surface area contributed by atoms with Crippen molar-refractivity contribution in [1.82, 2.24) is 10.2 Å². The molecule has 4 unspecified atom stereocenters. The molecule has 0 radical (unpaired) electrons. The van der Waals surface area contributed by atoms with Gasteiger partial charge in [0.2, 0.25) is 5.91 Å². The Morgan fingerprint density at radius 1 is 1.07 bits per heavy atom. The Morgan fingerprint density at radius 2 is 1.78 bits per heavy atom. The van der Waals surface area contributed by atoms with Crippen molar-refractivity contribution in [2.45, 2.75) is 63.8 Å². The average Bonchev–Trinajstić information content (AvgIpc) is 3.43. The van der Waals surface area contributed by atoms with Crippen molar-refractivity contribution in [3.63, 3.8) is 0 Å². The molecule has 0 bridgehead atoms. The standard InChI is InChI=1S/C23H30N2O2/c1-15(22(27)25-12-10-23(8-9-23)11-13-25)24-21(26)17-4-2-16(3-5-17)20-14-18-6-7-19(18)20/h2-5,15,18-20H,6-14H2,1H3,(H,24,26). The number of nitrogens with zero attached hydrogens (tertiary/aromatic N) is 1. The second-order valence-corrected chi connectivity index (χ2v) is 9.49. The minimum atomic E-state index is -0.465. The molecule has 4 nitrogen and oxygen atoms in total. The highest BCUT2D eigenvalue weighted by molar-refractivity contribution is 5.97. The molecule has 1 aromatic carbocycles. The Kier molecular flexibility index (Phi) is 4.06. The van der Waals surface area contributed by atoms with Crippen molar-refractivity contribution >= 4 is 11.8 Å². The lowest BCUT2D eigenvalue weighted by molar-refractivity contribution is -0.134. The molecular weight excluding hydrogens is 336 g/mol. The van der Waals surface area contributed by atoms with Crippen molar-refractivity contribution in [1.29, 1.82) is 0 Å². The van der Waals surface area contributed by atoms with Gasteiger partial charge in [-0.2, -0.15) is 0 Å². The van der Waals surface area contributed by atoms with Crippen LogP contribution in [-0.2, 0) is 4.79 Å². The Labute approximate surface area is 161 Å². The summed E-state index contributed by atoms with van der Waals surface area (Å²) in [4.78, 5) is 27.2. The maximum Gasteiger partial charge on any atom is 0.251 e. The number of benzene rings is 1. The molecule has 3 aliphatic carbocycles. The van der Waals surface area contributed by atoms with Crippen LogP contribution in [0.1, 0.15) is 73.7 Å². The van der Waals surface area contributed by atoms with Gasteiger partial charge >= 0.3 is 0 Å². The van der Waals surface area contributed by atoms with Crippen molar-refractivity contribution in [3.8, 4) is 0 Å². The van der Waals surface area contributed by atoms with E-state index in [1.165, 1.54) is 37.7 Å². The molecule has 1 heterocycles. The van der Waals surface area contributed by atoms with Gasteiger partial charge in [0.25, 0.3) is 5.91 Å². The van der Waals surface area contributed by atoms with Crippen molar-refractivity contribution in [3.05, 3.63) is 35.4 Å². The third-order valence-electron chi connectivity index (χ3n) is 7.96. The molecule has 3 saturated carbocycles. The van der Waals surface area contributed by atoms with E-state index in [1.807, 2.05) is 17.0 Å². The summed E-state index contributed by atoms with van der Waals surface area (Å²) in [5, 5.41) is 2.90. The second kappa shape index (κ2) is 6.35. The van der Waals surface area contributed by atoms with Gasteiger partial charge < -0.3 is 10.2 Å². The molecule has 1 N–H and O–H groups in total. The maximum absolute atomic E-state index is 12.7. The summed E-state index contributed by atoms with van der Waals surface area (Å²) in [5.41, 5.74) is 2.59. The van der Waals surface area contributed by atoms with Crippen LogP contribution >= 0.6 is 0 Å². The van der Waals surface area contributed by atoms with Crippen molar-refractivity contribution in [2.24, 2.45) is 17.3 Å². The molecule has 1 spiro atoms. The van der Waals surface area contributed by atoms with E-state index >= 15 is 0 Å². The third kappa shape index (κ3) is 3.07. The lowest BCUT2D eigenvalue weighted by Gasteiger charge is -2.53. The number of carbonyl (C=O) groups is 2. The summed E-state index contributed by atoms with van der Waals surface area (Å²) < 4.78 is 0. The second-order valence-electron chi connectivity index (χ2n) is 9.49. The highest BCUT2D eigenvalue weighted by Gasteiger charge is 2.47. The topological polar surface area (TPSA) is 49.4 Å². The van der Waals surface area contributed by atoms with Gasteiger partial charge in [-0.05, 0) is 92.7 Å². The van der Waals surface area contributed by atoms with Crippen LogP contribution < -0.4 is 5.32 Å². The SMILES string of the molecule is CC(NC(=O)c1ccc(C2CC3CCC32)cc1)C(=O)N1CCC2(CC1)CC2. The number of piperidine rings is 1. The summed E-state index contributed by atoms with van der Waals surface area (Å²) in [6.45, 7) is 3.50. The van der Waals surface area contributed by atoms with E-state index in [-0.39, 0.29) is 11.8 Å². The predicted molar refractivity (Wildman–Crippen MR) is 104 cm³/mol. The van der Waals surface area contributed by atoms with Crippen LogP contribution in [0, 0.1) is 17.3 Å². The number of fused-ring (bicyclic) bond motifs is 1. The first kappa shape index (κ1) is 17.3. The molecule has 0 aromatic heterocycles. The Morgan fingerprint density at radius 3 is 2.30 bits per heavy atom. The fourth-order valence-electron chi connectivity index (χ4n) is 5.48. The van der Waals surface area contributed by atoms with Crippen LogP contribution in [0.2, 0.25) is 0 Å². The largest absolute Gasteiger partial charge is 0.341 e. The number of hydrogen-bond acceptors (Lipinski definition) is 2.